The molecule has 2 heterocycles. The number of sulfonamides is 1. The van der Waals surface area contributed by atoms with E-state index in [1.165, 1.54) is 4.31 Å². The minimum atomic E-state index is -3.49. The molecule has 1 aromatic carbocycles. The molecule has 3 rings (SSSR count). The lowest BCUT2D eigenvalue weighted by molar-refractivity contribution is -0.122. The van der Waals surface area contributed by atoms with Crippen LogP contribution in [0.25, 0.3) is 0 Å². The van der Waals surface area contributed by atoms with Crippen LogP contribution in [-0.2, 0) is 14.8 Å². The highest BCUT2D eigenvalue weighted by atomic mass is 32.2. The number of thiophene rings is 1. The molecule has 1 saturated heterocycles. The number of hydrazone groups is 1. The van der Waals surface area contributed by atoms with Gasteiger partial charge in [0, 0.05) is 31.1 Å². The Morgan fingerprint density at radius 3 is 2.43 bits per heavy atom. The number of piperazine rings is 1. The van der Waals surface area contributed by atoms with Gasteiger partial charge in [-0.1, -0.05) is 23.8 Å². The smallest absolute Gasteiger partial charge is 0.254 e. The van der Waals surface area contributed by atoms with Crippen LogP contribution in [0, 0.1) is 6.92 Å². The van der Waals surface area contributed by atoms with E-state index in [0.29, 0.717) is 31.1 Å². The molecule has 0 unspecified atom stereocenters. The molecule has 1 fully saturated rings. The zero-order valence-corrected chi connectivity index (χ0v) is 17.6. The fourth-order valence-corrected chi connectivity index (χ4v) is 5.01. The van der Waals surface area contributed by atoms with E-state index >= 15 is 0 Å². The standard InChI is InChI=1S/C19H24N4O3S2/c1-15-5-7-17(8-6-15)28(25,26)23-11-9-22(10-12-23)14-19(24)21-20-16(2)18-4-3-13-27-18/h3-8,13H,9-12,14H2,1-2H3,(H,21,24). The number of aryl methyl sites for hydroxylation is 1. The largest absolute Gasteiger partial charge is 0.292 e. The highest BCUT2D eigenvalue weighted by Crippen LogP contribution is 2.18. The highest BCUT2D eigenvalue weighted by molar-refractivity contribution is 7.89. The van der Waals surface area contributed by atoms with E-state index in [0.717, 1.165) is 16.2 Å². The van der Waals surface area contributed by atoms with Gasteiger partial charge in [-0.15, -0.1) is 11.3 Å². The predicted molar refractivity (Wildman–Crippen MR) is 111 cm³/mol. The summed E-state index contributed by atoms with van der Waals surface area (Å²) >= 11 is 1.56. The fourth-order valence-electron chi connectivity index (χ4n) is 2.91. The van der Waals surface area contributed by atoms with Crippen molar-refractivity contribution >= 4 is 33.0 Å². The molecule has 1 aromatic heterocycles. The summed E-state index contributed by atoms with van der Waals surface area (Å²) < 4.78 is 26.9. The summed E-state index contributed by atoms with van der Waals surface area (Å²) in [5.74, 6) is -0.203. The third kappa shape index (κ3) is 5.05. The van der Waals surface area contributed by atoms with Gasteiger partial charge in [0.15, 0.2) is 0 Å². The molecule has 150 valence electrons. The van der Waals surface area contributed by atoms with Crippen LogP contribution in [0.15, 0.2) is 51.8 Å². The van der Waals surface area contributed by atoms with Crippen LogP contribution in [0.2, 0.25) is 0 Å². The first-order valence-corrected chi connectivity index (χ1v) is 11.3. The van der Waals surface area contributed by atoms with E-state index in [1.54, 1.807) is 35.6 Å². The summed E-state index contributed by atoms with van der Waals surface area (Å²) in [7, 11) is -3.49. The van der Waals surface area contributed by atoms with Crippen LogP contribution >= 0.6 is 11.3 Å². The molecule has 1 amide bonds. The Balaban J connectivity index is 1.50. The van der Waals surface area contributed by atoms with Crippen molar-refractivity contribution in [3.63, 3.8) is 0 Å². The van der Waals surface area contributed by atoms with E-state index in [2.05, 4.69) is 10.5 Å². The minimum Gasteiger partial charge on any atom is -0.292 e. The quantitative estimate of drug-likeness (QED) is 0.572. The van der Waals surface area contributed by atoms with Crippen LogP contribution in [-0.4, -0.2) is 62.0 Å². The van der Waals surface area contributed by atoms with Gasteiger partial charge < -0.3 is 0 Å². The summed E-state index contributed by atoms with van der Waals surface area (Å²) in [4.78, 5) is 15.4. The van der Waals surface area contributed by atoms with Crippen molar-refractivity contribution in [2.75, 3.05) is 32.7 Å². The Labute approximate surface area is 169 Å². The first kappa shape index (κ1) is 20.7. The third-order valence-corrected chi connectivity index (χ3v) is 7.47. The molecule has 7 nitrogen and oxygen atoms in total. The first-order chi connectivity index (χ1) is 13.4. The summed E-state index contributed by atoms with van der Waals surface area (Å²) in [5, 5.41) is 6.09. The lowest BCUT2D eigenvalue weighted by Crippen LogP contribution is -2.50. The molecule has 1 N–H and O–H groups in total. The fraction of sp³-hybridized carbons (Fsp3) is 0.368. The monoisotopic (exact) mass is 420 g/mol. The van der Waals surface area contributed by atoms with Crippen molar-refractivity contribution in [1.29, 1.82) is 0 Å². The van der Waals surface area contributed by atoms with Crippen molar-refractivity contribution in [3.05, 3.63) is 52.2 Å². The van der Waals surface area contributed by atoms with Crippen LogP contribution in [0.1, 0.15) is 17.4 Å². The molecule has 0 radical (unpaired) electrons. The van der Waals surface area contributed by atoms with Gasteiger partial charge in [-0.25, -0.2) is 13.8 Å². The first-order valence-electron chi connectivity index (χ1n) is 9.02. The lowest BCUT2D eigenvalue weighted by atomic mass is 10.2. The zero-order valence-electron chi connectivity index (χ0n) is 16.0. The van der Waals surface area contributed by atoms with E-state index in [1.807, 2.05) is 36.3 Å². The molecular weight excluding hydrogens is 396 g/mol. The Hall–Kier alpha value is -2.07. The molecule has 1 aliphatic rings. The number of rotatable bonds is 6. The molecule has 1 aliphatic heterocycles. The van der Waals surface area contributed by atoms with E-state index in [-0.39, 0.29) is 12.5 Å². The summed E-state index contributed by atoms with van der Waals surface area (Å²) in [6.45, 7) is 5.70. The Morgan fingerprint density at radius 1 is 1.14 bits per heavy atom. The van der Waals surface area contributed by atoms with Gasteiger partial charge in [0.1, 0.15) is 0 Å². The van der Waals surface area contributed by atoms with Gasteiger partial charge in [-0.05, 0) is 37.4 Å². The van der Waals surface area contributed by atoms with Gasteiger partial charge in [-0.3, -0.25) is 9.69 Å². The SMILES string of the molecule is CC(=NNC(=O)CN1CCN(S(=O)(=O)c2ccc(C)cc2)CC1)c1cccs1. The summed E-state index contributed by atoms with van der Waals surface area (Å²) in [5.41, 5.74) is 4.35. The average molecular weight is 421 g/mol. The summed E-state index contributed by atoms with van der Waals surface area (Å²) in [6, 6.07) is 10.8. The zero-order chi connectivity index (χ0) is 20.1. The van der Waals surface area contributed by atoms with Crippen molar-refractivity contribution in [2.45, 2.75) is 18.7 Å². The number of hydrogen-bond acceptors (Lipinski definition) is 6. The van der Waals surface area contributed by atoms with E-state index in [9.17, 15) is 13.2 Å². The maximum absolute atomic E-state index is 12.7. The van der Waals surface area contributed by atoms with Gasteiger partial charge >= 0.3 is 0 Å². The third-order valence-electron chi connectivity index (χ3n) is 4.58. The molecule has 0 aliphatic carbocycles. The van der Waals surface area contributed by atoms with Gasteiger partial charge in [0.05, 0.1) is 17.2 Å². The number of nitrogens with one attached hydrogen (secondary N) is 1. The van der Waals surface area contributed by atoms with Gasteiger partial charge in [-0.2, -0.15) is 9.41 Å². The van der Waals surface area contributed by atoms with E-state index in [4.69, 9.17) is 0 Å². The Kier molecular flexibility index (Phi) is 6.61. The van der Waals surface area contributed by atoms with Crippen molar-refractivity contribution in [1.82, 2.24) is 14.6 Å². The lowest BCUT2D eigenvalue weighted by Gasteiger charge is -2.33. The van der Waals surface area contributed by atoms with E-state index < -0.39 is 10.0 Å². The normalized spacial score (nSPS) is 16.9. The maximum atomic E-state index is 12.7. The number of nitrogens with zero attached hydrogens (tertiary/aromatic N) is 3. The van der Waals surface area contributed by atoms with Crippen molar-refractivity contribution in [3.8, 4) is 0 Å². The number of hydrogen-bond donors (Lipinski definition) is 1. The van der Waals surface area contributed by atoms with Crippen LogP contribution in [0.5, 0.6) is 0 Å². The van der Waals surface area contributed by atoms with Crippen molar-refractivity contribution in [2.24, 2.45) is 5.10 Å². The molecular formula is C19H24N4O3S2. The second kappa shape index (κ2) is 8.95. The Bertz CT molecular complexity index is 930. The van der Waals surface area contributed by atoms with Gasteiger partial charge in [0.25, 0.3) is 5.91 Å². The second-order valence-corrected chi connectivity index (χ2v) is 9.59. The molecule has 0 spiro atoms. The number of amides is 1. The second-order valence-electron chi connectivity index (χ2n) is 6.70. The van der Waals surface area contributed by atoms with Crippen LogP contribution in [0.3, 0.4) is 0 Å². The number of carbonyl (C=O) groups is 1. The van der Waals surface area contributed by atoms with Crippen LogP contribution in [0.4, 0.5) is 0 Å². The molecule has 9 heteroatoms. The van der Waals surface area contributed by atoms with Crippen molar-refractivity contribution < 1.29 is 13.2 Å². The predicted octanol–water partition coefficient (Wildman–Crippen LogP) is 1.90. The highest BCUT2D eigenvalue weighted by Gasteiger charge is 2.28. The topological polar surface area (TPSA) is 82.1 Å². The Morgan fingerprint density at radius 2 is 1.82 bits per heavy atom. The number of carbonyl (C=O) groups excluding carboxylic acids is 1. The molecule has 28 heavy (non-hydrogen) atoms. The summed E-state index contributed by atoms with van der Waals surface area (Å²) in [6.07, 6.45) is 0. The molecule has 0 atom stereocenters. The molecule has 0 saturated carbocycles. The molecule has 2 aromatic rings. The van der Waals surface area contributed by atoms with Gasteiger partial charge in [0.2, 0.25) is 10.0 Å². The number of benzene rings is 1. The average Bonchev–Trinajstić information content (AvgIpc) is 3.22. The van der Waals surface area contributed by atoms with Crippen LogP contribution < -0.4 is 5.43 Å². The molecule has 0 bridgehead atoms. The maximum Gasteiger partial charge on any atom is 0.254 e. The minimum absolute atomic E-state index is 0.194.